The normalized spacial score (nSPS) is 39.8. The van der Waals surface area contributed by atoms with E-state index in [1.807, 2.05) is 13.8 Å². The van der Waals surface area contributed by atoms with Crippen LogP contribution >= 0.6 is 0 Å². The highest BCUT2D eigenvalue weighted by Gasteiger charge is 2.27. The number of nitrogens with one attached hydrogen (secondary N) is 2. The van der Waals surface area contributed by atoms with E-state index < -0.39 is 0 Å². The van der Waals surface area contributed by atoms with Crippen molar-refractivity contribution in [2.75, 3.05) is 13.1 Å². The molecule has 2 fully saturated rings. The molecule has 1 aliphatic carbocycles. The monoisotopic (exact) mass is 226 g/mol. The number of hydrogen-bond acceptors (Lipinski definition) is 2. The third-order valence-electron chi connectivity index (χ3n) is 3.90. The van der Waals surface area contributed by atoms with Gasteiger partial charge in [-0.25, -0.2) is 0 Å². The third-order valence-corrected chi connectivity index (χ3v) is 3.90. The van der Waals surface area contributed by atoms with Crippen LogP contribution in [0.3, 0.4) is 0 Å². The van der Waals surface area contributed by atoms with Crippen LogP contribution in [0.1, 0.15) is 53.4 Å². The summed E-state index contributed by atoms with van der Waals surface area (Å²) >= 11 is 0. The average molecular weight is 226 g/mol. The summed E-state index contributed by atoms with van der Waals surface area (Å²) < 4.78 is 0. The Hall–Kier alpha value is -0.0800. The summed E-state index contributed by atoms with van der Waals surface area (Å²) in [5, 5.41) is 7.28. The summed E-state index contributed by atoms with van der Waals surface area (Å²) in [6.45, 7) is 11.1. The highest BCUT2D eigenvalue weighted by molar-refractivity contribution is 4.83. The molecule has 1 saturated heterocycles. The fourth-order valence-electron chi connectivity index (χ4n) is 2.75. The fourth-order valence-corrected chi connectivity index (χ4v) is 2.75. The fraction of sp³-hybridized carbons (Fsp3) is 1.00. The number of hydrogen-bond donors (Lipinski definition) is 2. The van der Waals surface area contributed by atoms with E-state index in [4.69, 9.17) is 0 Å². The van der Waals surface area contributed by atoms with E-state index in [0.717, 1.165) is 17.8 Å². The largest absolute Gasteiger partial charge is 0.301 e. The van der Waals surface area contributed by atoms with Gasteiger partial charge in [0.1, 0.15) is 0 Å². The summed E-state index contributed by atoms with van der Waals surface area (Å²) in [5.74, 6) is 2.65. The molecule has 0 spiro atoms. The number of rotatable bonds is 1. The van der Waals surface area contributed by atoms with Crippen LogP contribution in [0.5, 0.6) is 0 Å². The molecule has 96 valence electrons. The van der Waals surface area contributed by atoms with Crippen LogP contribution in [0.4, 0.5) is 0 Å². The Bertz CT molecular complexity index is 146. The van der Waals surface area contributed by atoms with E-state index in [2.05, 4.69) is 24.5 Å². The minimum atomic E-state index is 0.610. The maximum Gasteiger partial charge on any atom is 0.0600 e. The molecule has 16 heavy (non-hydrogen) atoms. The second-order valence-corrected chi connectivity index (χ2v) is 5.42. The second-order valence-electron chi connectivity index (χ2n) is 5.42. The molecule has 0 aromatic heterocycles. The van der Waals surface area contributed by atoms with Gasteiger partial charge < -0.3 is 10.6 Å². The molecule has 2 nitrogen and oxygen atoms in total. The lowest BCUT2D eigenvalue weighted by Crippen LogP contribution is -2.56. The van der Waals surface area contributed by atoms with Gasteiger partial charge in [-0.3, -0.25) is 0 Å². The van der Waals surface area contributed by atoms with Crippen LogP contribution in [-0.4, -0.2) is 19.3 Å². The maximum absolute atomic E-state index is 3.64. The summed E-state index contributed by atoms with van der Waals surface area (Å²) in [4.78, 5) is 0. The predicted octanol–water partition coefficient (Wildman–Crippen LogP) is 2.99. The SMILES string of the molecule is CC.CC1CCC(C2NCC(C)CN2)CC1. The van der Waals surface area contributed by atoms with Crippen molar-refractivity contribution in [2.24, 2.45) is 17.8 Å². The van der Waals surface area contributed by atoms with Gasteiger partial charge in [0.2, 0.25) is 0 Å². The quantitative estimate of drug-likeness (QED) is 0.718. The van der Waals surface area contributed by atoms with E-state index in [0.29, 0.717) is 6.17 Å². The molecule has 2 N–H and O–H groups in total. The van der Waals surface area contributed by atoms with Crippen molar-refractivity contribution in [1.29, 1.82) is 0 Å². The Morgan fingerprint density at radius 3 is 1.75 bits per heavy atom. The van der Waals surface area contributed by atoms with Crippen LogP contribution in [0, 0.1) is 17.8 Å². The first-order valence-electron chi connectivity index (χ1n) is 7.22. The molecule has 0 unspecified atom stereocenters. The van der Waals surface area contributed by atoms with Crippen molar-refractivity contribution < 1.29 is 0 Å². The highest BCUT2D eigenvalue weighted by atomic mass is 15.2. The first-order chi connectivity index (χ1) is 7.75. The van der Waals surface area contributed by atoms with Gasteiger partial charge in [-0.2, -0.15) is 0 Å². The zero-order valence-electron chi connectivity index (χ0n) is 11.6. The lowest BCUT2D eigenvalue weighted by atomic mass is 9.81. The predicted molar refractivity (Wildman–Crippen MR) is 71.4 cm³/mol. The zero-order chi connectivity index (χ0) is 12.0. The minimum absolute atomic E-state index is 0.610. The molecular weight excluding hydrogens is 196 g/mol. The van der Waals surface area contributed by atoms with Crippen molar-refractivity contribution in [1.82, 2.24) is 10.6 Å². The summed E-state index contributed by atoms with van der Waals surface area (Å²) in [5.41, 5.74) is 0. The molecule has 0 atom stereocenters. The van der Waals surface area contributed by atoms with Crippen molar-refractivity contribution in [3.63, 3.8) is 0 Å². The molecule has 0 bridgehead atoms. The smallest absolute Gasteiger partial charge is 0.0600 e. The van der Waals surface area contributed by atoms with Crippen molar-refractivity contribution in [3.8, 4) is 0 Å². The molecule has 1 heterocycles. The van der Waals surface area contributed by atoms with E-state index >= 15 is 0 Å². The molecule has 2 heteroatoms. The molecule has 0 amide bonds. The van der Waals surface area contributed by atoms with E-state index in [1.165, 1.54) is 38.8 Å². The molecule has 0 radical (unpaired) electrons. The molecule has 1 aliphatic heterocycles. The Labute approximate surface area is 102 Å². The maximum atomic E-state index is 3.64. The van der Waals surface area contributed by atoms with Gasteiger partial charge in [-0.05, 0) is 30.6 Å². The van der Waals surface area contributed by atoms with E-state index in [1.54, 1.807) is 0 Å². The molecule has 1 saturated carbocycles. The van der Waals surface area contributed by atoms with E-state index in [9.17, 15) is 0 Å². The molecule has 0 aromatic rings. The minimum Gasteiger partial charge on any atom is -0.301 e. The van der Waals surface area contributed by atoms with Gasteiger partial charge in [0.25, 0.3) is 0 Å². The second kappa shape index (κ2) is 7.29. The standard InChI is InChI=1S/C12H24N2.C2H6/c1-9-3-5-11(6-4-9)12-13-7-10(2)8-14-12;1-2/h9-14H,3-8H2,1-2H3;1-2H3. The van der Waals surface area contributed by atoms with Crippen LogP contribution in [-0.2, 0) is 0 Å². The molecule has 2 aliphatic rings. The Balaban J connectivity index is 0.000000606. The molecular formula is C14H30N2. The van der Waals surface area contributed by atoms with Gasteiger partial charge in [-0.1, -0.05) is 40.5 Å². The van der Waals surface area contributed by atoms with Crippen LogP contribution in [0.25, 0.3) is 0 Å². The topological polar surface area (TPSA) is 24.1 Å². The van der Waals surface area contributed by atoms with Gasteiger partial charge in [0.15, 0.2) is 0 Å². The van der Waals surface area contributed by atoms with Crippen molar-refractivity contribution in [2.45, 2.75) is 59.5 Å². The Kier molecular flexibility index (Phi) is 6.37. The average Bonchev–Trinajstić information content (AvgIpc) is 2.34. The lowest BCUT2D eigenvalue weighted by Gasteiger charge is -2.38. The summed E-state index contributed by atoms with van der Waals surface area (Å²) in [6, 6.07) is 0. The highest BCUT2D eigenvalue weighted by Crippen LogP contribution is 2.30. The van der Waals surface area contributed by atoms with Crippen molar-refractivity contribution in [3.05, 3.63) is 0 Å². The van der Waals surface area contributed by atoms with Crippen LogP contribution < -0.4 is 10.6 Å². The van der Waals surface area contributed by atoms with Crippen molar-refractivity contribution >= 4 is 0 Å². The Morgan fingerprint density at radius 1 is 0.750 bits per heavy atom. The third kappa shape index (κ3) is 4.06. The molecule has 2 rings (SSSR count). The van der Waals surface area contributed by atoms with Crippen LogP contribution in [0.15, 0.2) is 0 Å². The first kappa shape index (κ1) is 14.0. The van der Waals surface area contributed by atoms with Gasteiger partial charge in [0, 0.05) is 13.1 Å². The van der Waals surface area contributed by atoms with Gasteiger partial charge in [0.05, 0.1) is 6.17 Å². The van der Waals surface area contributed by atoms with Gasteiger partial charge >= 0.3 is 0 Å². The lowest BCUT2D eigenvalue weighted by molar-refractivity contribution is 0.173. The van der Waals surface area contributed by atoms with Gasteiger partial charge in [-0.15, -0.1) is 0 Å². The molecule has 0 aromatic carbocycles. The van der Waals surface area contributed by atoms with Crippen LogP contribution in [0.2, 0.25) is 0 Å². The zero-order valence-corrected chi connectivity index (χ0v) is 11.6. The summed E-state index contributed by atoms with van der Waals surface area (Å²) in [7, 11) is 0. The Morgan fingerprint density at radius 2 is 1.25 bits per heavy atom. The summed E-state index contributed by atoms with van der Waals surface area (Å²) in [6.07, 6.45) is 6.30. The first-order valence-corrected chi connectivity index (χ1v) is 7.22. The van der Waals surface area contributed by atoms with E-state index in [-0.39, 0.29) is 0 Å².